The molecule has 1 aromatic rings. The number of halogens is 3. The Morgan fingerprint density at radius 1 is 1.19 bits per heavy atom. The molecule has 0 spiro atoms. The molecule has 16 heavy (non-hydrogen) atoms. The molecule has 3 heteroatoms. The van der Waals surface area contributed by atoms with Gasteiger partial charge in [0.2, 0.25) is 0 Å². The maximum Gasteiger partial charge on any atom is 0.416 e. The van der Waals surface area contributed by atoms with Crippen molar-refractivity contribution in [3.05, 3.63) is 42.0 Å². The van der Waals surface area contributed by atoms with Gasteiger partial charge in [-0.25, -0.2) is 0 Å². The zero-order chi connectivity index (χ0) is 12.0. The van der Waals surface area contributed by atoms with Gasteiger partial charge in [0.05, 0.1) is 5.57 Å². The zero-order valence-electron chi connectivity index (χ0n) is 9.22. The van der Waals surface area contributed by atoms with Crippen molar-refractivity contribution in [1.82, 2.24) is 0 Å². The Morgan fingerprint density at radius 2 is 1.81 bits per heavy atom. The maximum absolute atomic E-state index is 12.8. The molecule has 0 saturated heterocycles. The van der Waals surface area contributed by atoms with E-state index in [-0.39, 0.29) is 5.56 Å². The third kappa shape index (κ3) is 3.72. The highest BCUT2D eigenvalue weighted by atomic mass is 19.4. The Labute approximate surface area is 93.8 Å². The summed E-state index contributed by atoms with van der Waals surface area (Å²) in [7, 11) is 0. The normalized spacial score (nSPS) is 12.9. The summed E-state index contributed by atoms with van der Waals surface area (Å²) < 4.78 is 38.3. The van der Waals surface area contributed by atoms with Gasteiger partial charge in [0.1, 0.15) is 0 Å². The number of benzene rings is 1. The Balaban J connectivity index is 2.93. The van der Waals surface area contributed by atoms with Gasteiger partial charge >= 0.3 is 6.18 Å². The maximum atomic E-state index is 12.8. The van der Waals surface area contributed by atoms with Crippen molar-refractivity contribution in [2.75, 3.05) is 0 Å². The van der Waals surface area contributed by atoms with Crippen molar-refractivity contribution in [3.63, 3.8) is 0 Å². The van der Waals surface area contributed by atoms with Crippen LogP contribution in [0.2, 0.25) is 0 Å². The zero-order valence-corrected chi connectivity index (χ0v) is 9.22. The lowest BCUT2D eigenvalue weighted by Gasteiger charge is -2.12. The van der Waals surface area contributed by atoms with Gasteiger partial charge in [-0.1, -0.05) is 56.2 Å². The van der Waals surface area contributed by atoms with Crippen molar-refractivity contribution in [2.45, 2.75) is 32.4 Å². The van der Waals surface area contributed by atoms with Crippen LogP contribution in [0, 0.1) is 0 Å². The molecule has 0 bridgehead atoms. The summed E-state index contributed by atoms with van der Waals surface area (Å²) in [5, 5.41) is 0. The van der Waals surface area contributed by atoms with Crippen LogP contribution in [0.25, 0.3) is 5.57 Å². The number of rotatable bonds is 4. The lowest BCUT2D eigenvalue weighted by atomic mass is 10.0. The van der Waals surface area contributed by atoms with Crippen LogP contribution in [0.3, 0.4) is 0 Å². The molecule has 88 valence electrons. The molecule has 0 aromatic heterocycles. The van der Waals surface area contributed by atoms with Crippen LogP contribution >= 0.6 is 0 Å². The van der Waals surface area contributed by atoms with E-state index >= 15 is 0 Å². The summed E-state index contributed by atoms with van der Waals surface area (Å²) in [6, 6.07) is 7.93. The van der Waals surface area contributed by atoms with Gasteiger partial charge in [-0.2, -0.15) is 13.2 Å². The first-order chi connectivity index (χ1) is 7.55. The highest BCUT2D eigenvalue weighted by Crippen LogP contribution is 2.34. The molecule has 0 aliphatic heterocycles. The van der Waals surface area contributed by atoms with Gasteiger partial charge in [0, 0.05) is 0 Å². The van der Waals surface area contributed by atoms with E-state index in [0.29, 0.717) is 6.42 Å². The first-order valence-electron chi connectivity index (χ1n) is 5.38. The minimum atomic E-state index is -4.27. The number of allylic oxidation sites excluding steroid dienone is 2. The second-order valence-electron chi connectivity index (χ2n) is 3.62. The highest BCUT2D eigenvalue weighted by Gasteiger charge is 2.33. The Hall–Kier alpha value is -1.25. The molecule has 0 unspecified atom stereocenters. The van der Waals surface area contributed by atoms with Crippen LogP contribution in [0.1, 0.15) is 31.7 Å². The van der Waals surface area contributed by atoms with Crippen molar-refractivity contribution in [1.29, 1.82) is 0 Å². The Morgan fingerprint density at radius 3 is 2.31 bits per heavy atom. The lowest BCUT2D eigenvalue weighted by Crippen LogP contribution is -2.10. The lowest BCUT2D eigenvalue weighted by molar-refractivity contribution is -0.0690. The molecule has 0 N–H and O–H groups in total. The fourth-order valence-corrected chi connectivity index (χ4v) is 1.47. The largest absolute Gasteiger partial charge is 0.416 e. The van der Waals surface area contributed by atoms with Crippen LogP contribution in [0.5, 0.6) is 0 Å². The second kappa shape index (κ2) is 5.73. The molecular weight excluding hydrogens is 213 g/mol. The van der Waals surface area contributed by atoms with Gasteiger partial charge in [0.25, 0.3) is 0 Å². The van der Waals surface area contributed by atoms with Gasteiger partial charge in [-0.3, -0.25) is 0 Å². The second-order valence-corrected chi connectivity index (χ2v) is 3.62. The standard InChI is InChI=1S/C13H15F3/c1-2-3-5-10-12(13(14,15)16)11-8-6-4-7-9-11/h4,6-10H,2-3,5H2,1H3/b12-10-. The fourth-order valence-electron chi connectivity index (χ4n) is 1.47. The van der Waals surface area contributed by atoms with Crippen LogP contribution in [0.15, 0.2) is 36.4 Å². The van der Waals surface area contributed by atoms with Gasteiger partial charge in [0.15, 0.2) is 0 Å². The molecule has 1 aromatic carbocycles. The average molecular weight is 228 g/mol. The molecule has 0 fully saturated rings. The summed E-state index contributed by atoms with van der Waals surface area (Å²) in [6.07, 6.45) is -0.822. The van der Waals surface area contributed by atoms with E-state index in [1.54, 1.807) is 18.2 Å². The van der Waals surface area contributed by atoms with Gasteiger partial charge in [-0.05, 0) is 12.0 Å². The third-order valence-electron chi connectivity index (χ3n) is 2.30. The minimum Gasteiger partial charge on any atom is -0.166 e. The third-order valence-corrected chi connectivity index (χ3v) is 2.30. The predicted octanol–water partition coefficient (Wildman–Crippen LogP) is 4.82. The van der Waals surface area contributed by atoms with E-state index in [1.165, 1.54) is 18.2 Å². The predicted molar refractivity (Wildman–Crippen MR) is 60.0 cm³/mol. The molecule has 0 nitrogen and oxygen atoms in total. The van der Waals surface area contributed by atoms with Gasteiger partial charge < -0.3 is 0 Å². The van der Waals surface area contributed by atoms with E-state index in [1.807, 2.05) is 6.92 Å². The molecule has 0 saturated carbocycles. The van der Waals surface area contributed by atoms with E-state index in [9.17, 15) is 13.2 Å². The molecular formula is C13H15F3. The smallest absolute Gasteiger partial charge is 0.166 e. The topological polar surface area (TPSA) is 0 Å². The number of hydrogen-bond acceptors (Lipinski definition) is 0. The van der Waals surface area contributed by atoms with Crippen molar-refractivity contribution < 1.29 is 13.2 Å². The fraction of sp³-hybridized carbons (Fsp3) is 0.385. The summed E-state index contributed by atoms with van der Waals surface area (Å²) >= 11 is 0. The number of unbranched alkanes of at least 4 members (excludes halogenated alkanes) is 2. The molecule has 0 atom stereocenters. The number of alkyl halides is 3. The van der Waals surface area contributed by atoms with Crippen LogP contribution in [-0.4, -0.2) is 6.18 Å². The van der Waals surface area contributed by atoms with E-state index in [2.05, 4.69) is 0 Å². The van der Waals surface area contributed by atoms with Crippen LogP contribution in [0.4, 0.5) is 13.2 Å². The molecule has 1 rings (SSSR count). The average Bonchev–Trinajstić information content (AvgIpc) is 2.24. The van der Waals surface area contributed by atoms with E-state index < -0.39 is 11.7 Å². The first-order valence-corrected chi connectivity index (χ1v) is 5.38. The van der Waals surface area contributed by atoms with Crippen LogP contribution < -0.4 is 0 Å². The quantitative estimate of drug-likeness (QED) is 0.648. The van der Waals surface area contributed by atoms with Crippen LogP contribution in [-0.2, 0) is 0 Å². The SMILES string of the molecule is CCCC/C=C(/c1ccccc1)C(F)(F)F. The van der Waals surface area contributed by atoms with E-state index in [0.717, 1.165) is 12.8 Å². The summed E-state index contributed by atoms with van der Waals surface area (Å²) in [6.45, 7) is 1.96. The molecule has 0 aliphatic carbocycles. The minimum absolute atomic E-state index is 0.242. The Bertz CT molecular complexity index is 336. The molecule has 0 aliphatic rings. The molecule has 0 amide bonds. The van der Waals surface area contributed by atoms with Crippen molar-refractivity contribution in [2.24, 2.45) is 0 Å². The summed E-state index contributed by atoms with van der Waals surface area (Å²) in [5.41, 5.74) is -0.285. The highest BCUT2D eigenvalue weighted by molar-refractivity contribution is 5.69. The molecule has 0 heterocycles. The number of hydrogen-bond donors (Lipinski definition) is 0. The monoisotopic (exact) mass is 228 g/mol. The summed E-state index contributed by atoms with van der Waals surface area (Å²) in [4.78, 5) is 0. The van der Waals surface area contributed by atoms with E-state index in [4.69, 9.17) is 0 Å². The van der Waals surface area contributed by atoms with Crippen molar-refractivity contribution >= 4 is 5.57 Å². The molecule has 0 radical (unpaired) electrons. The Kier molecular flexibility index (Phi) is 4.59. The van der Waals surface area contributed by atoms with Gasteiger partial charge in [-0.15, -0.1) is 0 Å². The van der Waals surface area contributed by atoms with Crippen molar-refractivity contribution in [3.8, 4) is 0 Å². The summed E-state index contributed by atoms with van der Waals surface area (Å²) in [5.74, 6) is 0. The first kappa shape index (κ1) is 12.8.